The SMILES string of the molecule is O=C(Nc1ccc(F)c(F)c1)c1cccc2c1OCCC2c1cnccn1. The summed E-state index contributed by atoms with van der Waals surface area (Å²) in [5, 5.41) is 2.58. The average molecular weight is 367 g/mol. The molecule has 1 aromatic heterocycles. The van der Waals surface area contributed by atoms with Crippen molar-refractivity contribution >= 4 is 11.6 Å². The summed E-state index contributed by atoms with van der Waals surface area (Å²) in [5.41, 5.74) is 2.14. The predicted octanol–water partition coefficient (Wildman–Crippen LogP) is 3.92. The van der Waals surface area contributed by atoms with Crippen LogP contribution >= 0.6 is 0 Å². The molecule has 1 aliphatic heterocycles. The maximum atomic E-state index is 13.4. The van der Waals surface area contributed by atoms with E-state index in [4.69, 9.17) is 4.74 Å². The molecule has 1 atom stereocenters. The van der Waals surface area contributed by atoms with Crippen LogP contribution in [0.3, 0.4) is 0 Å². The number of ether oxygens (including phenoxy) is 1. The number of fused-ring (bicyclic) bond motifs is 1. The number of hydrogen-bond donors (Lipinski definition) is 1. The number of para-hydroxylation sites is 1. The molecule has 0 bridgehead atoms. The first-order valence-corrected chi connectivity index (χ1v) is 8.41. The van der Waals surface area contributed by atoms with Gasteiger partial charge < -0.3 is 10.1 Å². The van der Waals surface area contributed by atoms with Crippen molar-refractivity contribution in [1.82, 2.24) is 9.97 Å². The Kier molecular flexibility index (Phi) is 4.50. The van der Waals surface area contributed by atoms with E-state index in [0.29, 0.717) is 17.9 Å². The van der Waals surface area contributed by atoms with Crippen LogP contribution in [0.15, 0.2) is 55.0 Å². The van der Waals surface area contributed by atoms with Gasteiger partial charge in [0.15, 0.2) is 11.6 Å². The Morgan fingerprint density at radius 2 is 2.04 bits per heavy atom. The average Bonchev–Trinajstić information content (AvgIpc) is 2.70. The standard InChI is InChI=1S/C20H15F2N3O2/c21-16-5-4-12(10-17(16)22)25-20(26)15-3-1-2-14-13(6-9-27-19(14)15)18-11-23-7-8-24-18/h1-5,7-8,10-11,13H,6,9H2,(H,25,26). The molecule has 0 spiro atoms. The molecule has 2 aromatic carbocycles. The molecule has 2 heterocycles. The van der Waals surface area contributed by atoms with Gasteiger partial charge in [-0.1, -0.05) is 12.1 Å². The number of hydrogen-bond acceptors (Lipinski definition) is 4. The monoisotopic (exact) mass is 367 g/mol. The zero-order valence-electron chi connectivity index (χ0n) is 14.2. The van der Waals surface area contributed by atoms with E-state index in [1.54, 1.807) is 30.7 Å². The summed E-state index contributed by atoms with van der Waals surface area (Å²) in [6.07, 6.45) is 5.66. The number of amides is 1. The van der Waals surface area contributed by atoms with Gasteiger partial charge >= 0.3 is 0 Å². The molecule has 1 N–H and O–H groups in total. The minimum atomic E-state index is -1.03. The minimum absolute atomic E-state index is 0.0292. The maximum absolute atomic E-state index is 13.4. The summed E-state index contributed by atoms with van der Waals surface area (Å²) in [7, 11) is 0. The Bertz CT molecular complexity index is 996. The first-order chi connectivity index (χ1) is 13.1. The zero-order chi connectivity index (χ0) is 18.8. The number of anilines is 1. The van der Waals surface area contributed by atoms with Gasteiger partial charge in [0.25, 0.3) is 5.91 Å². The number of nitrogens with one attached hydrogen (secondary N) is 1. The molecule has 0 fully saturated rings. The maximum Gasteiger partial charge on any atom is 0.259 e. The third-order valence-electron chi connectivity index (χ3n) is 4.44. The van der Waals surface area contributed by atoms with Crippen LogP contribution in [0.2, 0.25) is 0 Å². The van der Waals surface area contributed by atoms with E-state index in [-0.39, 0.29) is 11.6 Å². The molecule has 1 unspecified atom stereocenters. The molecule has 0 saturated heterocycles. The van der Waals surface area contributed by atoms with Crippen molar-refractivity contribution in [3.8, 4) is 5.75 Å². The Balaban J connectivity index is 1.66. The smallest absolute Gasteiger partial charge is 0.259 e. The van der Waals surface area contributed by atoms with Crippen molar-refractivity contribution in [3.63, 3.8) is 0 Å². The van der Waals surface area contributed by atoms with Gasteiger partial charge in [-0.05, 0) is 24.6 Å². The van der Waals surface area contributed by atoms with Crippen molar-refractivity contribution < 1.29 is 18.3 Å². The van der Waals surface area contributed by atoms with E-state index in [1.165, 1.54) is 6.07 Å². The van der Waals surface area contributed by atoms with Crippen LogP contribution in [0.4, 0.5) is 14.5 Å². The second-order valence-electron chi connectivity index (χ2n) is 6.13. The zero-order valence-corrected chi connectivity index (χ0v) is 14.2. The second-order valence-corrected chi connectivity index (χ2v) is 6.13. The lowest BCUT2D eigenvalue weighted by atomic mass is 9.89. The minimum Gasteiger partial charge on any atom is -0.492 e. The van der Waals surface area contributed by atoms with Gasteiger partial charge in [0.2, 0.25) is 0 Å². The fourth-order valence-electron chi connectivity index (χ4n) is 3.17. The van der Waals surface area contributed by atoms with Crippen molar-refractivity contribution in [2.45, 2.75) is 12.3 Å². The highest BCUT2D eigenvalue weighted by atomic mass is 19.2. The summed E-state index contributed by atoms with van der Waals surface area (Å²) in [6.45, 7) is 0.434. The summed E-state index contributed by atoms with van der Waals surface area (Å²) < 4.78 is 32.2. The Labute approximate surface area is 154 Å². The number of carbonyl (C=O) groups excluding carboxylic acids is 1. The lowest BCUT2D eigenvalue weighted by molar-refractivity contribution is 0.102. The highest BCUT2D eigenvalue weighted by molar-refractivity contribution is 6.06. The quantitative estimate of drug-likeness (QED) is 0.762. The van der Waals surface area contributed by atoms with E-state index < -0.39 is 17.5 Å². The summed E-state index contributed by atoms with van der Waals surface area (Å²) >= 11 is 0. The number of halogens is 2. The molecule has 1 amide bonds. The van der Waals surface area contributed by atoms with Crippen LogP contribution in [0, 0.1) is 11.6 Å². The van der Waals surface area contributed by atoms with Gasteiger partial charge in [0.1, 0.15) is 5.75 Å². The Morgan fingerprint density at radius 3 is 2.81 bits per heavy atom. The normalized spacial score (nSPS) is 15.6. The molecule has 3 aromatic rings. The van der Waals surface area contributed by atoms with E-state index in [1.807, 2.05) is 6.07 Å². The van der Waals surface area contributed by atoms with E-state index in [9.17, 15) is 13.6 Å². The molecule has 0 radical (unpaired) electrons. The largest absolute Gasteiger partial charge is 0.492 e. The van der Waals surface area contributed by atoms with Gasteiger partial charge in [0, 0.05) is 41.8 Å². The fourth-order valence-corrected chi connectivity index (χ4v) is 3.17. The van der Waals surface area contributed by atoms with Gasteiger partial charge in [-0.3, -0.25) is 14.8 Å². The fraction of sp³-hybridized carbons (Fsp3) is 0.150. The topological polar surface area (TPSA) is 64.1 Å². The van der Waals surface area contributed by atoms with Crippen LogP contribution in [-0.2, 0) is 0 Å². The van der Waals surface area contributed by atoms with Crippen LogP contribution in [0.5, 0.6) is 5.75 Å². The molecule has 0 saturated carbocycles. The number of rotatable bonds is 3. The number of benzene rings is 2. The van der Waals surface area contributed by atoms with E-state index >= 15 is 0 Å². The molecule has 7 heteroatoms. The molecule has 0 aliphatic carbocycles. The van der Waals surface area contributed by atoms with Gasteiger partial charge in [-0.25, -0.2) is 8.78 Å². The number of carbonyl (C=O) groups is 1. The molecule has 5 nitrogen and oxygen atoms in total. The highest BCUT2D eigenvalue weighted by Gasteiger charge is 2.28. The summed E-state index contributed by atoms with van der Waals surface area (Å²) in [6, 6.07) is 8.49. The molecule has 1 aliphatic rings. The lowest BCUT2D eigenvalue weighted by Crippen LogP contribution is -2.21. The summed E-state index contributed by atoms with van der Waals surface area (Å²) in [4.78, 5) is 21.2. The molecular weight excluding hydrogens is 352 g/mol. The van der Waals surface area contributed by atoms with Crippen LogP contribution in [0.25, 0.3) is 0 Å². The van der Waals surface area contributed by atoms with Crippen molar-refractivity contribution in [2.75, 3.05) is 11.9 Å². The van der Waals surface area contributed by atoms with Gasteiger partial charge in [-0.15, -0.1) is 0 Å². The van der Waals surface area contributed by atoms with Crippen LogP contribution in [0.1, 0.15) is 34.0 Å². The van der Waals surface area contributed by atoms with Crippen LogP contribution < -0.4 is 10.1 Å². The van der Waals surface area contributed by atoms with Crippen molar-refractivity contribution in [1.29, 1.82) is 0 Å². The third-order valence-corrected chi connectivity index (χ3v) is 4.44. The molecule has 4 rings (SSSR count). The molecule has 136 valence electrons. The number of nitrogens with zero attached hydrogens (tertiary/aromatic N) is 2. The van der Waals surface area contributed by atoms with Gasteiger partial charge in [-0.2, -0.15) is 0 Å². The van der Waals surface area contributed by atoms with Crippen molar-refractivity contribution in [2.24, 2.45) is 0 Å². The van der Waals surface area contributed by atoms with Crippen LogP contribution in [-0.4, -0.2) is 22.5 Å². The second kappa shape index (κ2) is 7.11. The Morgan fingerprint density at radius 1 is 1.15 bits per heavy atom. The lowest BCUT2D eigenvalue weighted by Gasteiger charge is -2.27. The van der Waals surface area contributed by atoms with E-state index in [0.717, 1.165) is 29.8 Å². The number of aromatic nitrogens is 2. The molecule has 27 heavy (non-hydrogen) atoms. The highest BCUT2D eigenvalue weighted by Crippen LogP contribution is 2.39. The third kappa shape index (κ3) is 3.36. The predicted molar refractivity (Wildman–Crippen MR) is 94.7 cm³/mol. The first kappa shape index (κ1) is 17.1. The Hall–Kier alpha value is -3.35. The first-order valence-electron chi connectivity index (χ1n) is 8.41. The molecular formula is C20H15F2N3O2. The van der Waals surface area contributed by atoms with Gasteiger partial charge in [0.05, 0.1) is 17.9 Å². The van der Waals surface area contributed by atoms with Crippen molar-refractivity contribution in [3.05, 3.63) is 83.4 Å². The summed E-state index contributed by atoms with van der Waals surface area (Å²) in [5.74, 6) is -2.02. The van der Waals surface area contributed by atoms with E-state index in [2.05, 4.69) is 15.3 Å².